The van der Waals surface area contributed by atoms with Gasteiger partial charge in [-0.2, -0.15) is 4.99 Å². The molecule has 2 heterocycles. The number of anilines is 1. The SMILES string of the molecule is CCN(CC)C1=NC(=O)C(CC(=O)Nc2cccc(C(=O)N3CCCC3)c2)S1. The monoisotopic (exact) mass is 402 g/mol. The fourth-order valence-electron chi connectivity index (χ4n) is 3.35. The van der Waals surface area contributed by atoms with Gasteiger partial charge < -0.3 is 15.1 Å². The van der Waals surface area contributed by atoms with E-state index in [1.165, 1.54) is 11.8 Å². The number of amidine groups is 1. The number of carbonyl (C=O) groups excluding carboxylic acids is 3. The first-order valence-corrected chi connectivity index (χ1v) is 10.6. The van der Waals surface area contributed by atoms with E-state index in [1.807, 2.05) is 23.6 Å². The number of nitrogens with one attached hydrogen (secondary N) is 1. The third-order valence-electron chi connectivity index (χ3n) is 4.92. The van der Waals surface area contributed by atoms with Crippen molar-refractivity contribution in [3.05, 3.63) is 29.8 Å². The van der Waals surface area contributed by atoms with Gasteiger partial charge in [-0.25, -0.2) is 0 Å². The summed E-state index contributed by atoms with van der Waals surface area (Å²) in [5, 5.41) is 3.00. The summed E-state index contributed by atoms with van der Waals surface area (Å²) in [6.07, 6.45) is 2.13. The van der Waals surface area contributed by atoms with Crippen LogP contribution in [-0.4, -0.2) is 64.1 Å². The van der Waals surface area contributed by atoms with Gasteiger partial charge in [-0.05, 0) is 44.9 Å². The molecule has 1 fully saturated rings. The highest BCUT2D eigenvalue weighted by atomic mass is 32.2. The number of carbonyl (C=O) groups is 3. The minimum absolute atomic E-state index is 0.00705. The third-order valence-corrected chi connectivity index (χ3v) is 6.13. The predicted molar refractivity (Wildman–Crippen MR) is 112 cm³/mol. The summed E-state index contributed by atoms with van der Waals surface area (Å²) < 4.78 is 0. The van der Waals surface area contributed by atoms with Gasteiger partial charge in [0, 0.05) is 43.9 Å². The molecule has 3 amide bonds. The summed E-state index contributed by atoms with van der Waals surface area (Å²) in [7, 11) is 0. The number of rotatable bonds is 6. The molecule has 8 heteroatoms. The zero-order valence-corrected chi connectivity index (χ0v) is 17.1. The van der Waals surface area contributed by atoms with Crippen molar-refractivity contribution in [2.45, 2.75) is 38.4 Å². The molecule has 1 saturated heterocycles. The van der Waals surface area contributed by atoms with Gasteiger partial charge in [0.05, 0.1) is 0 Å². The molecule has 0 aliphatic carbocycles. The number of thioether (sulfide) groups is 1. The molecule has 150 valence electrons. The number of nitrogens with zero attached hydrogens (tertiary/aromatic N) is 3. The number of amides is 3. The quantitative estimate of drug-likeness (QED) is 0.791. The van der Waals surface area contributed by atoms with Crippen LogP contribution in [0.4, 0.5) is 5.69 Å². The largest absolute Gasteiger partial charge is 0.352 e. The van der Waals surface area contributed by atoms with Crippen LogP contribution in [0.2, 0.25) is 0 Å². The summed E-state index contributed by atoms with van der Waals surface area (Å²) in [5.74, 6) is -0.528. The molecule has 1 atom stereocenters. The van der Waals surface area contributed by atoms with Crippen molar-refractivity contribution in [3.8, 4) is 0 Å². The van der Waals surface area contributed by atoms with Crippen molar-refractivity contribution in [3.63, 3.8) is 0 Å². The predicted octanol–water partition coefficient (Wildman–Crippen LogP) is 2.59. The van der Waals surface area contributed by atoms with Crippen molar-refractivity contribution in [2.24, 2.45) is 4.99 Å². The molecule has 0 aromatic heterocycles. The van der Waals surface area contributed by atoms with E-state index >= 15 is 0 Å². The van der Waals surface area contributed by atoms with E-state index in [-0.39, 0.29) is 24.1 Å². The molecule has 7 nitrogen and oxygen atoms in total. The topological polar surface area (TPSA) is 82.1 Å². The fourth-order valence-corrected chi connectivity index (χ4v) is 4.54. The van der Waals surface area contributed by atoms with Gasteiger partial charge in [-0.1, -0.05) is 17.8 Å². The molecule has 1 aromatic rings. The maximum atomic E-state index is 12.5. The molecule has 1 N–H and O–H groups in total. The summed E-state index contributed by atoms with van der Waals surface area (Å²) in [5.41, 5.74) is 1.13. The lowest BCUT2D eigenvalue weighted by Crippen LogP contribution is -2.28. The van der Waals surface area contributed by atoms with E-state index in [4.69, 9.17) is 0 Å². The van der Waals surface area contributed by atoms with Crippen LogP contribution >= 0.6 is 11.8 Å². The zero-order chi connectivity index (χ0) is 20.1. The Kier molecular flexibility index (Phi) is 6.72. The Labute approximate surface area is 169 Å². The van der Waals surface area contributed by atoms with E-state index in [9.17, 15) is 14.4 Å². The number of hydrogen-bond acceptors (Lipinski definition) is 5. The number of likely N-dealkylation sites (tertiary alicyclic amines) is 1. The first-order valence-electron chi connectivity index (χ1n) is 9.75. The first kappa shape index (κ1) is 20.4. The minimum atomic E-state index is -0.495. The van der Waals surface area contributed by atoms with Crippen LogP contribution in [0.3, 0.4) is 0 Å². The number of aliphatic imine (C=N–C) groups is 1. The molecule has 0 bridgehead atoms. The first-order chi connectivity index (χ1) is 13.5. The van der Waals surface area contributed by atoms with Crippen molar-refractivity contribution in [1.29, 1.82) is 0 Å². The highest BCUT2D eigenvalue weighted by Crippen LogP contribution is 2.27. The lowest BCUT2D eigenvalue weighted by Gasteiger charge is -2.19. The standard InChI is InChI=1S/C20H26N4O3S/c1-3-23(4-2)20-22-18(26)16(28-20)13-17(25)21-15-9-7-8-14(12-15)19(27)24-10-5-6-11-24/h7-9,12,16H,3-6,10-11,13H2,1-2H3,(H,21,25). The van der Waals surface area contributed by atoms with E-state index in [2.05, 4.69) is 10.3 Å². The molecule has 2 aliphatic heterocycles. The molecule has 1 aromatic carbocycles. The number of benzene rings is 1. The van der Waals surface area contributed by atoms with E-state index in [0.717, 1.165) is 39.0 Å². The van der Waals surface area contributed by atoms with E-state index in [0.29, 0.717) is 16.4 Å². The minimum Gasteiger partial charge on any atom is -0.352 e. The van der Waals surface area contributed by atoms with E-state index < -0.39 is 5.25 Å². The highest BCUT2D eigenvalue weighted by Gasteiger charge is 2.32. The summed E-state index contributed by atoms with van der Waals surface area (Å²) >= 11 is 1.34. The highest BCUT2D eigenvalue weighted by molar-refractivity contribution is 8.15. The van der Waals surface area contributed by atoms with Gasteiger partial charge >= 0.3 is 0 Å². The summed E-state index contributed by atoms with van der Waals surface area (Å²) in [6, 6.07) is 6.97. The van der Waals surface area contributed by atoms with Crippen LogP contribution in [0, 0.1) is 0 Å². The Balaban J connectivity index is 1.57. The van der Waals surface area contributed by atoms with Crippen LogP contribution in [-0.2, 0) is 9.59 Å². The Hall–Kier alpha value is -2.35. The second-order valence-electron chi connectivity index (χ2n) is 6.84. The Morgan fingerprint density at radius 2 is 1.96 bits per heavy atom. The molecule has 2 aliphatic rings. The Morgan fingerprint density at radius 3 is 2.64 bits per heavy atom. The Bertz CT molecular complexity index is 785. The molecule has 28 heavy (non-hydrogen) atoms. The van der Waals surface area contributed by atoms with Gasteiger partial charge in [-0.15, -0.1) is 0 Å². The average Bonchev–Trinajstić information content (AvgIpc) is 3.33. The van der Waals surface area contributed by atoms with Crippen molar-refractivity contribution in [2.75, 3.05) is 31.5 Å². The van der Waals surface area contributed by atoms with Gasteiger partial charge in [0.2, 0.25) is 5.91 Å². The van der Waals surface area contributed by atoms with Crippen LogP contribution in [0.25, 0.3) is 0 Å². The molecular weight excluding hydrogens is 376 g/mol. The molecule has 0 spiro atoms. The molecule has 3 rings (SSSR count). The Morgan fingerprint density at radius 1 is 1.25 bits per heavy atom. The van der Waals surface area contributed by atoms with Crippen LogP contribution in [0.5, 0.6) is 0 Å². The van der Waals surface area contributed by atoms with Crippen LogP contribution < -0.4 is 5.32 Å². The van der Waals surface area contributed by atoms with Crippen LogP contribution in [0.15, 0.2) is 29.3 Å². The molecule has 0 saturated carbocycles. The third kappa shape index (κ3) is 4.73. The second-order valence-corrected chi connectivity index (χ2v) is 8.01. The fraction of sp³-hybridized carbons (Fsp3) is 0.500. The van der Waals surface area contributed by atoms with Crippen molar-refractivity contribution >= 4 is 40.3 Å². The summed E-state index contributed by atoms with van der Waals surface area (Å²) in [6.45, 7) is 7.12. The molecule has 1 unspecified atom stereocenters. The zero-order valence-electron chi connectivity index (χ0n) is 16.3. The molecular formula is C20H26N4O3S. The normalized spacial score (nSPS) is 18.9. The lowest BCUT2D eigenvalue weighted by atomic mass is 10.1. The number of hydrogen-bond donors (Lipinski definition) is 1. The van der Waals surface area contributed by atoms with Gasteiger partial charge in [-0.3, -0.25) is 14.4 Å². The van der Waals surface area contributed by atoms with Crippen molar-refractivity contribution in [1.82, 2.24) is 9.80 Å². The molecule has 0 radical (unpaired) electrons. The second kappa shape index (κ2) is 9.23. The van der Waals surface area contributed by atoms with Crippen LogP contribution in [0.1, 0.15) is 43.5 Å². The van der Waals surface area contributed by atoms with Gasteiger partial charge in [0.25, 0.3) is 11.8 Å². The maximum absolute atomic E-state index is 12.5. The lowest BCUT2D eigenvalue weighted by molar-refractivity contribution is -0.121. The van der Waals surface area contributed by atoms with E-state index in [1.54, 1.807) is 24.3 Å². The average molecular weight is 403 g/mol. The summed E-state index contributed by atoms with van der Waals surface area (Å²) in [4.78, 5) is 45.0. The van der Waals surface area contributed by atoms with Gasteiger partial charge in [0.15, 0.2) is 5.17 Å². The smallest absolute Gasteiger partial charge is 0.262 e. The van der Waals surface area contributed by atoms with Gasteiger partial charge in [0.1, 0.15) is 5.25 Å². The maximum Gasteiger partial charge on any atom is 0.262 e. The van der Waals surface area contributed by atoms with Crippen molar-refractivity contribution < 1.29 is 14.4 Å².